The third-order valence-corrected chi connectivity index (χ3v) is 5.48. The summed E-state index contributed by atoms with van der Waals surface area (Å²) < 4.78 is 0. The summed E-state index contributed by atoms with van der Waals surface area (Å²) in [6, 6.07) is 15.0. The zero-order chi connectivity index (χ0) is 16.9. The van der Waals surface area contributed by atoms with E-state index in [2.05, 4.69) is 10.9 Å². The monoisotopic (exact) mass is 376 g/mol. The maximum Gasteiger partial charge on any atom is 0.279 e. The first-order valence-corrected chi connectivity index (χ1v) is 9.32. The van der Waals surface area contributed by atoms with E-state index in [4.69, 9.17) is 11.6 Å². The molecule has 2 amide bonds. The van der Waals surface area contributed by atoms with Gasteiger partial charge < -0.3 is 0 Å². The molecule has 0 unspecified atom stereocenters. The Hall–Kier alpha value is -2.02. The summed E-state index contributed by atoms with van der Waals surface area (Å²) in [6.45, 7) is 0. The van der Waals surface area contributed by atoms with Gasteiger partial charge in [-0.25, -0.2) is 0 Å². The van der Waals surface area contributed by atoms with Crippen LogP contribution in [0.2, 0.25) is 5.02 Å². The first-order chi connectivity index (χ1) is 11.6. The highest BCUT2D eigenvalue weighted by molar-refractivity contribution is 8.00. The van der Waals surface area contributed by atoms with Gasteiger partial charge >= 0.3 is 0 Å². The maximum atomic E-state index is 11.9. The minimum Gasteiger partial charge on any atom is -0.272 e. The molecule has 3 rings (SSSR count). The lowest BCUT2D eigenvalue weighted by Gasteiger charge is -2.09. The van der Waals surface area contributed by atoms with Gasteiger partial charge in [0.2, 0.25) is 5.91 Å². The van der Waals surface area contributed by atoms with Crippen LogP contribution in [0.15, 0.2) is 58.8 Å². The van der Waals surface area contributed by atoms with E-state index in [1.807, 2.05) is 36.4 Å². The van der Waals surface area contributed by atoms with Gasteiger partial charge in [0.1, 0.15) is 0 Å². The lowest BCUT2D eigenvalue weighted by molar-refractivity contribution is -0.119. The van der Waals surface area contributed by atoms with Gasteiger partial charge in [-0.2, -0.15) is 0 Å². The first kappa shape index (κ1) is 16.8. The molecular formula is C17H13ClN2O2S2. The van der Waals surface area contributed by atoms with Crippen LogP contribution in [0.1, 0.15) is 9.67 Å². The summed E-state index contributed by atoms with van der Waals surface area (Å²) in [4.78, 5) is 25.2. The van der Waals surface area contributed by atoms with E-state index in [1.54, 1.807) is 17.5 Å². The van der Waals surface area contributed by atoms with Crippen LogP contribution in [0.5, 0.6) is 0 Å². The van der Waals surface area contributed by atoms with E-state index in [1.165, 1.54) is 23.1 Å². The Morgan fingerprint density at radius 3 is 2.58 bits per heavy atom. The molecule has 0 fully saturated rings. The number of hydrazine groups is 1. The van der Waals surface area contributed by atoms with Gasteiger partial charge in [0, 0.05) is 15.3 Å². The molecule has 1 heterocycles. The average Bonchev–Trinajstić information content (AvgIpc) is 3.12. The molecule has 0 spiro atoms. The molecule has 0 aliphatic rings. The van der Waals surface area contributed by atoms with Gasteiger partial charge in [-0.1, -0.05) is 41.9 Å². The fraction of sp³-hybridized carbons (Fsp3) is 0.0588. The van der Waals surface area contributed by atoms with Crippen molar-refractivity contribution < 1.29 is 9.59 Å². The van der Waals surface area contributed by atoms with Crippen LogP contribution < -0.4 is 10.9 Å². The van der Waals surface area contributed by atoms with Crippen molar-refractivity contribution >= 4 is 57.3 Å². The number of nitrogens with one attached hydrogen (secondary N) is 2. The Labute approximate surface area is 152 Å². The SMILES string of the molecule is O=C(CSc1cccc2cccc(Cl)c12)NNC(=O)c1cccs1. The van der Waals surface area contributed by atoms with E-state index >= 15 is 0 Å². The number of benzene rings is 2. The molecule has 3 aromatic rings. The summed E-state index contributed by atoms with van der Waals surface area (Å²) in [5.74, 6) is -0.430. The zero-order valence-corrected chi connectivity index (χ0v) is 14.8. The lowest BCUT2D eigenvalue weighted by Crippen LogP contribution is -2.42. The van der Waals surface area contributed by atoms with Crippen molar-refractivity contribution in [2.24, 2.45) is 0 Å². The number of hydrogen-bond donors (Lipinski definition) is 2. The van der Waals surface area contributed by atoms with E-state index in [9.17, 15) is 9.59 Å². The Morgan fingerprint density at radius 2 is 1.83 bits per heavy atom. The first-order valence-electron chi connectivity index (χ1n) is 7.08. The number of hydrogen-bond acceptors (Lipinski definition) is 4. The molecule has 0 atom stereocenters. The van der Waals surface area contributed by atoms with E-state index < -0.39 is 0 Å². The van der Waals surface area contributed by atoms with Crippen molar-refractivity contribution in [2.75, 3.05) is 5.75 Å². The molecule has 4 nitrogen and oxygen atoms in total. The highest BCUT2D eigenvalue weighted by atomic mass is 35.5. The summed E-state index contributed by atoms with van der Waals surface area (Å²) in [5.41, 5.74) is 4.82. The van der Waals surface area contributed by atoms with Gasteiger partial charge in [0.05, 0.1) is 10.6 Å². The fourth-order valence-electron chi connectivity index (χ4n) is 2.16. The summed E-state index contributed by atoms with van der Waals surface area (Å²) in [7, 11) is 0. The molecule has 24 heavy (non-hydrogen) atoms. The summed E-state index contributed by atoms with van der Waals surface area (Å²) in [5, 5.41) is 4.42. The van der Waals surface area contributed by atoms with Crippen LogP contribution in [-0.2, 0) is 4.79 Å². The molecule has 0 saturated heterocycles. The second-order valence-electron chi connectivity index (χ2n) is 4.86. The minimum absolute atomic E-state index is 0.176. The van der Waals surface area contributed by atoms with Crippen molar-refractivity contribution in [3.8, 4) is 0 Å². The Balaban J connectivity index is 1.60. The van der Waals surface area contributed by atoms with E-state index in [-0.39, 0.29) is 17.6 Å². The normalized spacial score (nSPS) is 10.5. The van der Waals surface area contributed by atoms with Crippen LogP contribution in [0.3, 0.4) is 0 Å². The molecule has 0 saturated carbocycles. The highest BCUT2D eigenvalue weighted by Crippen LogP contribution is 2.32. The van der Waals surface area contributed by atoms with Gasteiger partial charge in [-0.15, -0.1) is 23.1 Å². The molecule has 2 N–H and O–H groups in total. The zero-order valence-electron chi connectivity index (χ0n) is 12.4. The van der Waals surface area contributed by atoms with Gasteiger partial charge in [-0.05, 0) is 29.0 Å². The van der Waals surface area contributed by atoms with Crippen molar-refractivity contribution in [3.05, 3.63) is 63.8 Å². The number of thioether (sulfide) groups is 1. The van der Waals surface area contributed by atoms with Crippen LogP contribution >= 0.6 is 34.7 Å². The molecule has 2 aromatic carbocycles. The third kappa shape index (κ3) is 3.90. The number of rotatable bonds is 4. The van der Waals surface area contributed by atoms with Gasteiger partial charge in [0.25, 0.3) is 5.91 Å². The Morgan fingerprint density at radius 1 is 1.04 bits per heavy atom. The van der Waals surface area contributed by atoms with Crippen molar-refractivity contribution in [3.63, 3.8) is 0 Å². The molecule has 7 heteroatoms. The number of carbonyl (C=O) groups excluding carboxylic acids is 2. The van der Waals surface area contributed by atoms with Gasteiger partial charge in [-0.3, -0.25) is 20.4 Å². The minimum atomic E-state index is -0.323. The molecule has 0 aliphatic carbocycles. The largest absolute Gasteiger partial charge is 0.279 e. The van der Waals surface area contributed by atoms with Crippen molar-refractivity contribution in [2.45, 2.75) is 4.90 Å². The molecule has 0 aliphatic heterocycles. The molecule has 1 aromatic heterocycles. The second kappa shape index (κ2) is 7.70. The standard InChI is InChI=1S/C17H13ClN2O2S2/c18-12-6-1-4-11-5-2-7-13(16(11)12)24-10-15(21)19-20-17(22)14-8-3-9-23-14/h1-9H,10H2,(H,19,21)(H,20,22). The topological polar surface area (TPSA) is 58.2 Å². The smallest absolute Gasteiger partial charge is 0.272 e. The number of carbonyl (C=O) groups is 2. The van der Waals surface area contributed by atoms with Gasteiger partial charge in [0.15, 0.2) is 0 Å². The van der Waals surface area contributed by atoms with E-state index in [0.717, 1.165) is 15.7 Å². The van der Waals surface area contributed by atoms with Crippen LogP contribution in [-0.4, -0.2) is 17.6 Å². The maximum absolute atomic E-state index is 11.9. The molecular weight excluding hydrogens is 364 g/mol. The Kier molecular flexibility index (Phi) is 5.40. The molecule has 0 radical (unpaired) electrons. The Bertz CT molecular complexity index is 876. The lowest BCUT2D eigenvalue weighted by atomic mass is 10.1. The average molecular weight is 377 g/mol. The van der Waals surface area contributed by atoms with Crippen molar-refractivity contribution in [1.82, 2.24) is 10.9 Å². The number of fused-ring (bicyclic) bond motifs is 1. The van der Waals surface area contributed by atoms with Crippen molar-refractivity contribution in [1.29, 1.82) is 0 Å². The van der Waals surface area contributed by atoms with Crippen LogP contribution in [0, 0.1) is 0 Å². The highest BCUT2D eigenvalue weighted by Gasteiger charge is 2.10. The summed E-state index contributed by atoms with van der Waals surface area (Å²) >= 11 is 8.96. The number of amides is 2. The van der Waals surface area contributed by atoms with Crippen LogP contribution in [0.4, 0.5) is 0 Å². The summed E-state index contributed by atoms with van der Waals surface area (Å²) in [6.07, 6.45) is 0. The predicted molar refractivity (Wildman–Crippen MR) is 99.6 cm³/mol. The number of halogens is 1. The van der Waals surface area contributed by atoms with Crippen LogP contribution in [0.25, 0.3) is 10.8 Å². The van der Waals surface area contributed by atoms with E-state index in [0.29, 0.717) is 9.90 Å². The molecule has 122 valence electrons. The predicted octanol–water partition coefficient (Wildman–Crippen LogP) is 4.11. The number of thiophene rings is 1. The molecule has 0 bridgehead atoms. The quantitative estimate of drug-likeness (QED) is 0.532. The fourth-order valence-corrected chi connectivity index (χ4v) is 4.02. The second-order valence-corrected chi connectivity index (χ2v) is 7.23. The third-order valence-electron chi connectivity index (χ3n) is 3.23.